The van der Waals surface area contributed by atoms with Gasteiger partial charge in [-0.05, 0) is 54.4 Å². The number of sulfonamides is 1. The molecule has 4 N–H and O–H groups in total. The van der Waals surface area contributed by atoms with Crippen molar-refractivity contribution < 1.29 is 13.2 Å². The summed E-state index contributed by atoms with van der Waals surface area (Å²) in [5, 5.41) is 11.0. The first kappa shape index (κ1) is 19.6. The molecule has 0 heterocycles. The van der Waals surface area contributed by atoms with Gasteiger partial charge in [0.25, 0.3) is 0 Å². The van der Waals surface area contributed by atoms with Gasteiger partial charge in [-0.3, -0.25) is 4.79 Å². The molecule has 0 radical (unpaired) electrons. The van der Waals surface area contributed by atoms with Crippen LogP contribution in [0.15, 0.2) is 83.8 Å². The van der Waals surface area contributed by atoms with Crippen molar-refractivity contribution in [3.63, 3.8) is 0 Å². The maximum atomic E-state index is 12.4. The Hall–Kier alpha value is -3.16. The van der Waals surface area contributed by atoms with Gasteiger partial charge in [0.2, 0.25) is 15.9 Å². The number of hydrogen-bond donors (Lipinski definition) is 3. The van der Waals surface area contributed by atoms with Crippen LogP contribution in [-0.2, 0) is 14.8 Å². The number of carbonyl (C=O) groups excluding carboxylic acids is 1. The Kier molecular flexibility index (Phi) is 5.77. The fourth-order valence-corrected chi connectivity index (χ4v) is 3.20. The molecule has 28 heavy (non-hydrogen) atoms. The van der Waals surface area contributed by atoms with Gasteiger partial charge in [0.05, 0.1) is 4.90 Å². The summed E-state index contributed by atoms with van der Waals surface area (Å²) in [4.78, 5) is 12.4. The average Bonchev–Trinajstić information content (AvgIpc) is 2.69. The van der Waals surface area contributed by atoms with E-state index in [4.69, 9.17) is 5.14 Å². The lowest BCUT2D eigenvalue weighted by molar-refractivity contribution is -0.116. The number of benzene rings is 3. The van der Waals surface area contributed by atoms with Crippen LogP contribution in [0, 0.1) is 0 Å². The molecule has 3 aromatic carbocycles. The molecule has 1 amide bonds. The Labute approximate surface area is 164 Å². The van der Waals surface area contributed by atoms with Crippen molar-refractivity contribution in [1.29, 1.82) is 0 Å². The molecule has 0 aliphatic carbocycles. The summed E-state index contributed by atoms with van der Waals surface area (Å²) in [6, 6.07) is 23.1. The molecule has 144 valence electrons. The molecule has 0 fully saturated rings. The van der Waals surface area contributed by atoms with E-state index in [2.05, 4.69) is 10.6 Å². The molecule has 0 aliphatic rings. The normalized spacial score (nSPS) is 12.2. The molecule has 0 aliphatic heterocycles. The van der Waals surface area contributed by atoms with Crippen molar-refractivity contribution >= 4 is 27.3 Å². The largest absolute Gasteiger partial charge is 0.374 e. The van der Waals surface area contributed by atoms with E-state index in [9.17, 15) is 13.2 Å². The molecule has 0 bridgehead atoms. The number of amides is 1. The van der Waals surface area contributed by atoms with Crippen molar-refractivity contribution in [1.82, 2.24) is 0 Å². The lowest BCUT2D eigenvalue weighted by atomic mass is 10.1. The monoisotopic (exact) mass is 395 g/mol. The summed E-state index contributed by atoms with van der Waals surface area (Å²) >= 11 is 0. The molecule has 0 saturated carbocycles. The van der Waals surface area contributed by atoms with Crippen LogP contribution in [0.25, 0.3) is 11.1 Å². The number of rotatable bonds is 6. The van der Waals surface area contributed by atoms with E-state index < -0.39 is 16.1 Å². The van der Waals surface area contributed by atoms with Gasteiger partial charge in [0.15, 0.2) is 0 Å². The SMILES string of the molecule is C[C@@H](Nc1ccc(-c2ccccc2)cc1)C(=O)Nc1ccc(S(N)(=O)=O)cc1. The van der Waals surface area contributed by atoms with E-state index in [0.717, 1.165) is 16.8 Å². The molecule has 0 saturated heterocycles. The van der Waals surface area contributed by atoms with Crippen molar-refractivity contribution in [2.75, 3.05) is 10.6 Å². The minimum atomic E-state index is -3.75. The second-order valence-corrected chi connectivity index (χ2v) is 7.93. The number of anilines is 2. The number of nitrogens with one attached hydrogen (secondary N) is 2. The zero-order chi connectivity index (χ0) is 20.1. The molecule has 1 atom stereocenters. The number of primary sulfonamides is 1. The first-order valence-corrected chi connectivity index (χ1v) is 10.2. The average molecular weight is 395 g/mol. The minimum absolute atomic E-state index is 0.00446. The molecular weight excluding hydrogens is 374 g/mol. The molecule has 0 aromatic heterocycles. The molecule has 6 nitrogen and oxygen atoms in total. The summed E-state index contributed by atoms with van der Waals surface area (Å²) in [7, 11) is -3.75. The smallest absolute Gasteiger partial charge is 0.246 e. The second kappa shape index (κ2) is 8.24. The van der Waals surface area contributed by atoms with Crippen molar-refractivity contribution in [2.45, 2.75) is 17.9 Å². The predicted octanol–water partition coefficient (Wildman–Crippen LogP) is 3.44. The Bertz CT molecular complexity index is 1050. The Morgan fingerprint density at radius 1 is 0.821 bits per heavy atom. The van der Waals surface area contributed by atoms with Crippen LogP contribution >= 0.6 is 0 Å². The van der Waals surface area contributed by atoms with Crippen LogP contribution in [0.3, 0.4) is 0 Å². The van der Waals surface area contributed by atoms with E-state index in [0.29, 0.717) is 5.69 Å². The highest BCUT2D eigenvalue weighted by Crippen LogP contribution is 2.21. The number of nitrogens with two attached hydrogens (primary N) is 1. The Morgan fingerprint density at radius 3 is 1.93 bits per heavy atom. The molecule has 3 aromatic rings. The summed E-state index contributed by atoms with van der Waals surface area (Å²) in [6.45, 7) is 1.75. The first-order chi connectivity index (χ1) is 13.3. The van der Waals surface area contributed by atoms with Crippen molar-refractivity contribution in [3.05, 3.63) is 78.9 Å². The van der Waals surface area contributed by atoms with Gasteiger partial charge in [-0.1, -0.05) is 42.5 Å². The fraction of sp³-hybridized carbons (Fsp3) is 0.0952. The predicted molar refractivity (Wildman–Crippen MR) is 111 cm³/mol. The highest BCUT2D eigenvalue weighted by atomic mass is 32.2. The Morgan fingerprint density at radius 2 is 1.36 bits per heavy atom. The number of carbonyl (C=O) groups is 1. The van der Waals surface area contributed by atoms with E-state index in [1.165, 1.54) is 24.3 Å². The van der Waals surface area contributed by atoms with Gasteiger partial charge in [-0.2, -0.15) is 0 Å². The maximum absolute atomic E-state index is 12.4. The van der Waals surface area contributed by atoms with Gasteiger partial charge in [-0.25, -0.2) is 13.6 Å². The maximum Gasteiger partial charge on any atom is 0.246 e. The molecule has 0 spiro atoms. The van der Waals surface area contributed by atoms with Crippen molar-refractivity contribution in [3.8, 4) is 11.1 Å². The van der Waals surface area contributed by atoms with Crippen LogP contribution in [0.1, 0.15) is 6.92 Å². The van der Waals surface area contributed by atoms with Crippen LogP contribution in [0.4, 0.5) is 11.4 Å². The van der Waals surface area contributed by atoms with Gasteiger partial charge in [0, 0.05) is 11.4 Å². The molecule has 0 unspecified atom stereocenters. The third kappa shape index (κ3) is 4.97. The van der Waals surface area contributed by atoms with E-state index in [1.807, 2.05) is 54.6 Å². The van der Waals surface area contributed by atoms with Gasteiger partial charge >= 0.3 is 0 Å². The summed E-state index contributed by atoms with van der Waals surface area (Å²) in [6.07, 6.45) is 0. The highest BCUT2D eigenvalue weighted by Gasteiger charge is 2.14. The highest BCUT2D eigenvalue weighted by molar-refractivity contribution is 7.89. The molecule has 7 heteroatoms. The van der Waals surface area contributed by atoms with E-state index >= 15 is 0 Å². The summed E-state index contributed by atoms with van der Waals surface area (Å²) in [5.41, 5.74) is 3.54. The van der Waals surface area contributed by atoms with Gasteiger partial charge in [-0.15, -0.1) is 0 Å². The molecular formula is C21H21N3O3S. The lowest BCUT2D eigenvalue weighted by Gasteiger charge is -2.16. The van der Waals surface area contributed by atoms with E-state index in [-0.39, 0.29) is 10.8 Å². The second-order valence-electron chi connectivity index (χ2n) is 6.37. The van der Waals surface area contributed by atoms with Gasteiger partial charge < -0.3 is 10.6 Å². The quantitative estimate of drug-likeness (QED) is 0.595. The van der Waals surface area contributed by atoms with Crippen LogP contribution in [-0.4, -0.2) is 20.4 Å². The summed E-state index contributed by atoms with van der Waals surface area (Å²) < 4.78 is 22.5. The van der Waals surface area contributed by atoms with Crippen LogP contribution in [0.5, 0.6) is 0 Å². The topological polar surface area (TPSA) is 101 Å². The zero-order valence-corrected chi connectivity index (χ0v) is 16.1. The van der Waals surface area contributed by atoms with Crippen molar-refractivity contribution in [2.24, 2.45) is 5.14 Å². The van der Waals surface area contributed by atoms with Gasteiger partial charge in [0.1, 0.15) is 6.04 Å². The zero-order valence-electron chi connectivity index (χ0n) is 15.3. The fourth-order valence-electron chi connectivity index (χ4n) is 2.68. The lowest BCUT2D eigenvalue weighted by Crippen LogP contribution is -2.31. The number of hydrogen-bond acceptors (Lipinski definition) is 4. The Balaban J connectivity index is 1.61. The van der Waals surface area contributed by atoms with Crippen LogP contribution < -0.4 is 15.8 Å². The third-order valence-electron chi connectivity index (χ3n) is 4.22. The van der Waals surface area contributed by atoms with Crippen LogP contribution in [0.2, 0.25) is 0 Å². The third-order valence-corrected chi connectivity index (χ3v) is 5.15. The molecule has 3 rings (SSSR count). The van der Waals surface area contributed by atoms with E-state index in [1.54, 1.807) is 6.92 Å². The minimum Gasteiger partial charge on any atom is -0.374 e. The standard InChI is InChI=1S/C21H21N3O3S/c1-15(21(25)24-19-11-13-20(14-12-19)28(22,26)27)23-18-9-7-17(8-10-18)16-5-3-2-4-6-16/h2-15,23H,1H3,(H,24,25)(H2,22,26,27)/t15-/m1/s1. The first-order valence-electron chi connectivity index (χ1n) is 8.69. The summed E-state index contributed by atoms with van der Waals surface area (Å²) in [5.74, 6) is -0.240.